The van der Waals surface area contributed by atoms with E-state index in [1.165, 1.54) is 11.8 Å². The number of carbonyl (C=O) groups is 2. The van der Waals surface area contributed by atoms with Gasteiger partial charge in [-0.2, -0.15) is 5.10 Å². The van der Waals surface area contributed by atoms with Gasteiger partial charge in [0.25, 0.3) is 5.91 Å². The molecule has 0 bridgehead atoms. The van der Waals surface area contributed by atoms with Crippen molar-refractivity contribution in [3.05, 3.63) is 53.9 Å². The van der Waals surface area contributed by atoms with Crippen LogP contribution in [0.3, 0.4) is 0 Å². The third kappa shape index (κ3) is 3.77. The van der Waals surface area contributed by atoms with Gasteiger partial charge in [-0.1, -0.05) is 30.3 Å². The Morgan fingerprint density at radius 2 is 2.13 bits per heavy atom. The van der Waals surface area contributed by atoms with E-state index >= 15 is 0 Å². The van der Waals surface area contributed by atoms with E-state index in [-0.39, 0.29) is 11.8 Å². The highest BCUT2D eigenvalue weighted by Crippen LogP contribution is 2.13. The molecule has 1 aliphatic rings. The van der Waals surface area contributed by atoms with Gasteiger partial charge in [-0.3, -0.25) is 14.7 Å². The van der Waals surface area contributed by atoms with E-state index in [0.717, 1.165) is 19.4 Å². The number of hydrogen-bond donors (Lipinski definition) is 2. The van der Waals surface area contributed by atoms with E-state index in [4.69, 9.17) is 0 Å². The molecule has 2 heterocycles. The molecular formula is C17H20N4O2. The summed E-state index contributed by atoms with van der Waals surface area (Å²) >= 11 is 0. The standard InChI is InChI=1S/C17H20N4O2/c22-16(14-8-10-18-20-14)19-15-9-12-21(17(15)23)11-4-7-13-5-2-1-3-6-13/h1-3,5-6,8,10,15H,4,7,9,11-12H2,(H,18,20)(H,19,22). The lowest BCUT2D eigenvalue weighted by atomic mass is 10.1. The van der Waals surface area contributed by atoms with E-state index < -0.39 is 6.04 Å². The fourth-order valence-corrected chi connectivity index (χ4v) is 2.83. The Balaban J connectivity index is 1.46. The molecule has 0 saturated carbocycles. The molecular weight excluding hydrogens is 292 g/mol. The lowest BCUT2D eigenvalue weighted by Gasteiger charge is -2.17. The van der Waals surface area contributed by atoms with Crippen molar-refractivity contribution in [2.45, 2.75) is 25.3 Å². The number of H-pyrrole nitrogens is 1. The van der Waals surface area contributed by atoms with Gasteiger partial charge in [0.15, 0.2) is 0 Å². The number of amides is 2. The maximum absolute atomic E-state index is 12.3. The van der Waals surface area contributed by atoms with Crippen molar-refractivity contribution in [2.24, 2.45) is 0 Å². The van der Waals surface area contributed by atoms with Crippen molar-refractivity contribution in [2.75, 3.05) is 13.1 Å². The van der Waals surface area contributed by atoms with Crippen LogP contribution in [0.15, 0.2) is 42.6 Å². The van der Waals surface area contributed by atoms with Crippen molar-refractivity contribution in [1.82, 2.24) is 20.4 Å². The summed E-state index contributed by atoms with van der Waals surface area (Å²) in [6.07, 6.45) is 4.05. The van der Waals surface area contributed by atoms with Crippen molar-refractivity contribution < 1.29 is 9.59 Å². The topological polar surface area (TPSA) is 78.1 Å². The molecule has 2 aromatic rings. The fraction of sp³-hybridized carbons (Fsp3) is 0.353. The smallest absolute Gasteiger partial charge is 0.269 e. The second-order valence-corrected chi connectivity index (χ2v) is 5.70. The molecule has 1 fully saturated rings. The van der Waals surface area contributed by atoms with Crippen LogP contribution in [0.4, 0.5) is 0 Å². The van der Waals surface area contributed by atoms with Gasteiger partial charge in [-0.15, -0.1) is 0 Å². The third-order valence-electron chi connectivity index (χ3n) is 4.08. The van der Waals surface area contributed by atoms with Crippen LogP contribution in [-0.2, 0) is 11.2 Å². The Kier molecular flexibility index (Phi) is 4.71. The van der Waals surface area contributed by atoms with Crippen LogP contribution < -0.4 is 5.32 Å². The molecule has 2 N–H and O–H groups in total. The van der Waals surface area contributed by atoms with E-state index in [9.17, 15) is 9.59 Å². The molecule has 3 rings (SSSR count). The first-order valence-corrected chi connectivity index (χ1v) is 7.87. The summed E-state index contributed by atoms with van der Waals surface area (Å²) in [6, 6.07) is 11.4. The highest BCUT2D eigenvalue weighted by Gasteiger charge is 2.32. The number of nitrogens with zero attached hydrogens (tertiary/aromatic N) is 2. The zero-order valence-corrected chi connectivity index (χ0v) is 12.9. The van der Waals surface area contributed by atoms with Gasteiger partial charge < -0.3 is 10.2 Å². The molecule has 2 amide bonds. The van der Waals surface area contributed by atoms with Gasteiger partial charge in [0.2, 0.25) is 5.91 Å². The van der Waals surface area contributed by atoms with Gasteiger partial charge in [0.05, 0.1) is 0 Å². The van der Waals surface area contributed by atoms with Crippen molar-refractivity contribution in [3.8, 4) is 0 Å². The summed E-state index contributed by atoms with van der Waals surface area (Å²) in [5.74, 6) is -0.280. The van der Waals surface area contributed by atoms with Crippen LogP contribution >= 0.6 is 0 Å². The monoisotopic (exact) mass is 312 g/mol. The molecule has 23 heavy (non-hydrogen) atoms. The minimum absolute atomic E-state index is 0.00549. The predicted molar refractivity (Wildman–Crippen MR) is 85.8 cm³/mol. The molecule has 1 aliphatic heterocycles. The summed E-state index contributed by atoms with van der Waals surface area (Å²) in [5, 5.41) is 9.11. The third-order valence-corrected chi connectivity index (χ3v) is 4.08. The van der Waals surface area contributed by atoms with E-state index in [2.05, 4.69) is 27.6 Å². The summed E-state index contributed by atoms with van der Waals surface area (Å²) in [6.45, 7) is 1.42. The van der Waals surface area contributed by atoms with Gasteiger partial charge in [0, 0.05) is 19.3 Å². The number of rotatable bonds is 6. The maximum Gasteiger partial charge on any atom is 0.269 e. The zero-order chi connectivity index (χ0) is 16.1. The summed E-state index contributed by atoms with van der Waals surface area (Å²) in [4.78, 5) is 26.1. The number of aryl methyl sites for hydroxylation is 1. The van der Waals surface area contributed by atoms with Crippen LogP contribution in [0.2, 0.25) is 0 Å². The lowest BCUT2D eigenvalue weighted by molar-refractivity contribution is -0.129. The van der Waals surface area contributed by atoms with Crippen LogP contribution in [0.5, 0.6) is 0 Å². The first-order chi connectivity index (χ1) is 11.2. The number of hydrogen-bond acceptors (Lipinski definition) is 3. The Labute approximate surface area is 134 Å². The molecule has 1 atom stereocenters. The molecule has 0 radical (unpaired) electrons. The summed E-state index contributed by atoms with van der Waals surface area (Å²) in [7, 11) is 0. The van der Waals surface area contributed by atoms with Crippen LogP contribution in [0, 0.1) is 0 Å². The first kappa shape index (κ1) is 15.3. The van der Waals surface area contributed by atoms with Crippen LogP contribution in [0.1, 0.15) is 28.9 Å². The van der Waals surface area contributed by atoms with E-state index in [0.29, 0.717) is 18.7 Å². The number of likely N-dealkylation sites (tertiary alicyclic amines) is 1. The number of carbonyl (C=O) groups excluding carboxylic acids is 2. The quantitative estimate of drug-likeness (QED) is 0.846. The average Bonchev–Trinajstić information content (AvgIpc) is 3.21. The second-order valence-electron chi connectivity index (χ2n) is 5.70. The molecule has 0 aliphatic carbocycles. The summed E-state index contributed by atoms with van der Waals surface area (Å²) < 4.78 is 0. The SMILES string of the molecule is O=C(NC1CCN(CCCc2ccccc2)C1=O)c1ccn[nH]1. The average molecular weight is 312 g/mol. The van der Waals surface area contributed by atoms with Crippen LogP contribution in [0.25, 0.3) is 0 Å². The Morgan fingerprint density at radius 3 is 2.87 bits per heavy atom. The Hall–Kier alpha value is -2.63. The van der Waals surface area contributed by atoms with Crippen molar-refractivity contribution in [1.29, 1.82) is 0 Å². The molecule has 1 aromatic heterocycles. The second kappa shape index (κ2) is 7.09. The van der Waals surface area contributed by atoms with Gasteiger partial charge in [-0.25, -0.2) is 0 Å². The first-order valence-electron chi connectivity index (χ1n) is 7.87. The lowest BCUT2D eigenvalue weighted by Crippen LogP contribution is -2.41. The Bertz CT molecular complexity index is 654. The molecule has 120 valence electrons. The minimum atomic E-state index is -0.428. The zero-order valence-electron chi connectivity index (χ0n) is 12.9. The molecule has 6 heteroatoms. The molecule has 1 saturated heterocycles. The van der Waals surface area contributed by atoms with Gasteiger partial charge in [-0.05, 0) is 30.9 Å². The highest BCUT2D eigenvalue weighted by atomic mass is 16.2. The normalized spacial score (nSPS) is 17.5. The minimum Gasteiger partial charge on any atom is -0.341 e. The Morgan fingerprint density at radius 1 is 1.30 bits per heavy atom. The largest absolute Gasteiger partial charge is 0.341 e. The predicted octanol–water partition coefficient (Wildman–Crippen LogP) is 1.37. The van der Waals surface area contributed by atoms with E-state index in [1.807, 2.05) is 23.1 Å². The molecule has 1 aromatic carbocycles. The maximum atomic E-state index is 12.3. The molecule has 0 spiro atoms. The van der Waals surface area contributed by atoms with E-state index in [1.54, 1.807) is 6.07 Å². The number of aromatic nitrogens is 2. The number of nitrogens with one attached hydrogen (secondary N) is 2. The van der Waals surface area contributed by atoms with Gasteiger partial charge in [0.1, 0.15) is 11.7 Å². The number of benzene rings is 1. The fourth-order valence-electron chi connectivity index (χ4n) is 2.83. The van der Waals surface area contributed by atoms with Crippen LogP contribution in [-0.4, -0.2) is 46.0 Å². The highest BCUT2D eigenvalue weighted by molar-refractivity contribution is 5.96. The van der Waals surface area contributed by atoms with Gasteiger partial charge >= 0.3 is 0 Å². The van der Waals surface area contributed by atoms with Crippen molar-refractivity contribution in [3.63, 3.8) is 0 Å². The molecule has 1 unspecified atom stereocenters. The molecule has 6 nitrogen and oxygen atoms in total. The van der Waals surface area contributed by atoms with Crippen molar-refractivity contribution >= 4 is 11.8 Å². The summed E-state index contributed by atoms with van der Waals surface area (Å²) in [5.41, 5.74) is 1.66. The number of aromatic amines is 1.